The molecule has 0 fully saturated rings. The minimum absolute atomic E-state index is 0.0973. The topological polar surface area (TPSA) is 79.9 Å². The lowest BCUT2D eigenvalue weighted by molar-refractivity contribution is 0.160. The van der Waals surface area contributed by atoms with Crippen molar-refractivity contribution in [1.29, 1.82) is 0 Å². The van der Waals surface area contributed by atoms with Gasteiger partial charge in [0.1, 0.15) is 11.7 Å². The SMILES string of the molecule is COCC(c1ccnn1C)n1cc(-c2ccc(OC)nc2)nn1. The summed E-state index contributed by atoms with van der Waals surface area (Å²) in [5.74, 6) is 0.563. The fourth-order valence-electron chi connectivity index (χ4n) is 2.38. The van der Waals surface area contributed by atoms with Crippen LogP contribution in [0.1, 0.15) is 11.7 Å². The van der Waals surface area contributed by atoms with Gasteiger partial charge in [-0.2, -0.15) is 5.10 Å². The Balaban J connectivity index is 1.90. The first-order valence-corrected chi connectivity index (χ1v) is 7.12. The molecular formula is C15H18N6O2. The maximum Gasteiger partial charge on any atom is 0.212 e. The van der Waals surface area contributed by atoms with E-state index in [-0.39, 0.29) is 6.04 Å². The number of hydrogen-bond acceptors (Lipinski definition) is 6. The zero-order valence-corrected chi connectivity index (χ0v) is 13.2. The Labute approximate surface area is 133 Å². The first kappa shape index (κ1) is 15.2. The number of pyridine rings is 1. The summed E-state index contributed by atoms with van der Waals surface area (Å²) in [7, 11) is 5.14. The second-order valence-electron chi connectivity index (χ2n) is 5.02. The van der Waals surface area contributed by atoms with E-state index in [1.54, 1.807) is 42.0 Å². The third-order valence-electron chi connectivity index (χ3n) is 3.60. The molecule has 1 atom stereocenters. The fraction of sp³-hybridized carbons (Fsp3) is 0.333. The smallest absolute Gasteiger partial charge is 0.212 e. The Morgan fingerprint density at radius 1 is 1.22 bits per heavy atom. The molecule has 0 spiro atoms. The number of aryl methyl sites for hydroxylation is 1. The van der Waals surface area contributed by atoms with Crippen LogP contribution in [0, 0.1) is 0 Å². The summed E-state index contributed by atoms with van der Waals surface area (Å²) >= 11 is 0. The van der Waals surface area contributed by atoms with Gasteiger partial charge < -0.3 is 9.47 Å². The molecule has 3 aromatic heterocycles. The second kappa shape index (κ2) is 6.57. The van der Waals surface area contributed by atoms with Gasteiger partial charge in [-0.05, 0) is 12.1 Å². The predicted molar refractivity (Wildman–Crippen MR) is 83.0 cm³/mol. The first-order chi connectivity index (χ1) is 11.2. The van der Waals surface area contributed by atoms with E-state index in [9.17, 15) is 0 Å². The van der Waals surface area contributed by atoms with Gasteiger partial charge in [-0.3, -0.25) is 4.68 Å². The molecular weight excluding hydrogens is 296 g/mol. The molecule has 3 aromatic rings. The van der Waals surface area contributed by atoms with Crippen LogP contribution in [0.15, 0.2) is 36.8 Å². The molecule has 0 bridgehead atoms. The lowest BCUT2D eigenvalue weighted by Crippen LogP contribution is -2.19. The third kappa shape index (κ3) is 3.07. The van der Waals surface area contributed by atoms with Crippen molar-refractivity contribution < 1.29 is 9.47 Å². The summed E-state index contributed by atoms with van der Waals surface area (Å²) in [5.41, 5.74) is 2.61. The molecule has 0 saturated carbocycles. The average Bonchev–Trinajstić information content (AvgIpc) is 3.22. The monoisotopic (exact) mass is 314 g/mol. The Hall–Kier alpha value is -2.74. The minimum atomic E-state index is -0.0973. The van der Waals surface area contributed by atoms with Gasteiger partial charge in [0.25, 0.3) is 0 Å². The molecule has 23 heavy (non-hydrogen) atoms. The molecule has 120 valence electrons. The molecule has 0 aliphatic carbocycles. The number of hydrogen-bond donors (Lipinski definition) is 0. The molecule has 3 rings (SSSR count). The highest BCUT2D eigenvalue weighted by Gasteiger charge is 2.19. The van der Waals surface area contributed by atoms with E-state index in [2.05, 4.69) is 20.4 Å². The van der Waals surface area contributed by atoms with Gasteiger partial charge in [0.2, 0.25) is 5.88 Å². The van der Waals surface area contributed by atoms with Crippen molar-refractivity contribution in [1.82, 2.24) is 29.8 Å². The zero-order valence-electron chi connectivity index (χ0n) is 13.2. The molecule has 8 heteroatoms. The molecule has 0 aromatic carbocycles. The summed E-state index contributed by atoms with van der Waals surface area (Å²) in [6.45, 7) is 0.475. The van der Waals surface area contributed by atoms with E-state index in [4.69, 9.17) is 9.47 Å². The van der Waals surface area contributed by atoms with E-state index >= 15 is 0 Å². The summed E-state index contributed by atoms with van der Waals surface area (Å²) in [6, 6.07) is 5.54. The number of aromatic nitrogens is 6. The zero-order chi connectivity index (χ0) is 16.2. The van der Waals surface area contributed by atoms with Gasteiger partial charge in [-0.25, -0.2) is 9.67 Å². The highest BCUT2D eigenvalue weighted by atomic mass is 16.5. The van der Waals surface area contributed by atoms with Gasteiger partial charge in [0.05, 0.1) is 25.6 Å². The minimum Gasteiger partial charge on any atom is -0.481 e. The van der Waals surface area contributed by atoms with Gasteiger partial charge in [-0.15, -0.1) is 5.10 Å². The molecule has 0 N–H and O–H groups in total. The van der Waals surface area contributed by atoms with Crippen LogP contribution in [-0.2, 0) is 11.8 Å². The van der Waals surface area contributed by atoms with E-state index in [1.165, 1.54) is 0 Å². The van der Waals surface area contributed by atoms with Crippen molar-refractivity contribution in [3.63, 3.8) is 0 Å². The quantitative estimate of drug-likeness (QED) is 0.682. The van der Waals surface area contributed by atoms with Crippen molar-refractivity contribution in [2.45, 2.75) is 6.04 Å². The average molecular weight is 314 g/mol. The highest BCUT2D eigenvalue weighted by molar-refractivity contribution is 5.56. The van der Waals surface area contributed by atoms with Crippen molar-refractivity contribution in [3.8, 4) is 17.1 Å². The van der Waals surface area contributed by atoms with Crippen molar-refractivity contribution in [2.24, 2.45) is 7.05 Å². The molecule has 0 aliphatic rings. The van der Waals surface area contributed by atoms with Gasteiger partial charge in [0, 0.05) is 38.2 Å². The maximum atomic E-state index is 5.32. The van der Waals surface area contributed by atoms with Gasteiger partial charge in [-0.1, -0.05) is 5.21 Å². The summed E-state index contributed by atoms with van der Waals surface area (Å²) in [6.07, 6.45) is 5.34. The van der Waals surface area contributed by atoms with Crippen LogP contribution in [0.2, 0.25) is 0 Å². The standard InChI is InChI=1S/C15H18N6O2/c1-20-13(6-7-17-20)14(10-22-2)21-9-12(18-19-21)11-4-5-15(23-3)16-8-11/h4-9,14H,10H2,1-3H3. The van der Waals surface area contributed by atoms with E-state index in [0.717, 1.165) is 17.0 Å². The second-order valence-corrected chi connectivity index (χ2v) is 5.02. The van der Waals surface area contributed by atoms with E-state index in [0.29, 0.717) is 12.5 Å². The third-order valence-corrected chi connectivity index (χ3v) is 3.60. The van der Waals surface area contributed by atoms with Crippen LogP contribution in [0.4, 0.5) is 0 Å². The molecule has 1 unspecified atom stereocenters. The predicted octanol–water partition coefficient (Wildman–Crippen LogP) is 1.32. The van der Waals surface area contributed by atoms with Crippen molar-refractivity contribution in [2.75, 3.05) is 20.8 Å². The lowest BCUT2D eigenvalue weighted by Gasteiger charge is -2.16. The number of nitrogens with zero attached hydrogens (tertiary/aromatic N) is 6. The van der Waals surface area contributed by atoms with Crippen LogP contribution in [-0.4, -0.2) is 50.6 Å². The summed E-state index contributed by atoms with van der Waals surface area (Å²) in [5, 5.41) is 12.7. The van der Waals surface area contributed by atoms with Gasteiger partial charge in [0.15, 0.2) is 0 Å². The molecule has 3 heterocycles. The van der Waals surface area contributed by atoms with Crippen molar-refractivity contribution >= 4 is 0 Å². The Morgan fingerprint density at radius 3 is 2.70 bits per heavy atom. The summed E-state index contributed by atoms with van der Waals surface area (Å²) < 4.78 is 14.0. The Bertz CT molecular complexity index is 764. The van der Waals surface area contributed by atoms with E-state index in [1.807, 2.05) is 25.4 Å². The number of rotatable bonds is 6. The van der Waals surface area contributed by atoms with Crippen LogP contribution in [0.25, 0.3) is 11.3 Å². The Kier molecular flexibility index (Phi) is 4.33. The maximum absolute atomic E-state index is 5.32. The number of methoxy groups -OCH3 is 2. The van der Waals surface area contributed by atoms with Crippen LogP contribution in [0.5, 0.6) is 5.88 Å². The molecule has 0 aliphatic heterocycles. The van der Waals surface area contributed by atoms with Crippen LogP contribution < -0.4 is 4.74 Å². The summed E-state index contributed by atoms with van der Waals surface area (Å²) in [4.78, 5) is 4.19. The Morgan fingerprint density at radius 2 is 2.09 bits per heavy atom. The molecule has 0 amide bonds. The largest absolute Gasteiger partial charge is 0.481 e. The first-order valence-electron chi connectivity index (χ1n) is 7.12. The fourth-order valence-corrected chi connectivity index (χ4v) is 2.38. The number of ether oxygens (including phenoxy) is 2. The van der Waals surface area contributed by atoms with Gasteiger partial charge >= 0.3 is 0 Å². The molecule has 0 saturated heterocycles. The lowest BCUT2D eigenvalue weighted by atomic mass is 10.2. The van der Waals surface area contributed by atoms with Crippen LogP contribution in [0.3, 0.4) is 0 Å². The highest BCUT2D eigenvalue weighted by Crippen LogP contribution is 2.22. The van der Waals surface area contributed by atoms with E-state index < -0.39 is 0 Å². The normalized spacial score (nSPS) is 12.3. The van der Waals surface area contributed by atoms with Crippen molar-refractivity contribution in [3.05, 3.63) is 42.5 Å². The van der Waals surface area contributed by atoms with Crippen LogP contribution >= 0.6 is 0 Å². The molecule has 0 radical (unpaired) electrons. The molecule has 8 nitrogen and oxygen atoms in total.